The number of nitrogens with zero attached hydrogens (tertiary/aromatic N) is 3. The molecule has 0 spiro atoms. The Balaban J connectivity index is 1.84. The number of thioether (sulfide) groups is 1. The lowest BCUT2D eigenvalue weighted by atomic mass is 9.89. The van der Waals surface area contributed by atoms with Crippen LogP contribution in [0.2, 0.25) is 0 Å². The number of ether oxygens (including phenoxy) is 1. The summed E-state index contributed by atoms with van der Waals surface area (Å²) in [6.45, 7) is 3.54. The van der Waals surface area contributed by atoms with Gasteiger partial charge in [-0.2, -0.15) is 11.8 Å². The van der Waals surface area contributed by atoms with Crippen molar-refractivity contribution in [2.24, 2.45) is 5.92 Å². The van der Waals surface area contributed by atoms with Crippen molar-refractivity contribution < 1.29 is 14.3 Å². The number of esters is 1. The maximum atomic E-state index is 12.8. The predicted octanol–water partition coefficient (Wildman–Crippen LogP) is 1.98. The van der Waals surface area contributed by atoms with E-state index >= 15 is 0 Å². The zero-order valence-corrected chi connectivity index (χ0v) is 15.4. The Labute approximate surface area is 150 Å². The number of hydrogen-bond acceptors (Lipinski definition) is 6. The number of carbonyl (C=O) groups excluding carboxylic acids is 2. The van der Waals surface area contributed by atoms with Crippen LogP contribution in [0, 0.1) is 5.92 Å². The lowest BCUT2D eigenvalue weighted by molar-refractivity contribution is -0.147. The van der Waals surface area contributed by atoms with Gasteiger partial charge in [-0.15, -0.1) is 10.2 Å². The lowest BCUT2D eigenvalue weighted by Gasteiger charge is -2.26. The van der Waals surface area contributed by atoms with Crippen molar-refractivity contribution in [1.29, 1.82) is 0 Å². The van der Waals surface area contributed by atoms with Gasteiger partial charge in [0.1, 0.15) is 5.60 Å². The number of aromatic nitrogens is 3. The summed E-state index contributed by atoms with van der Waals surface area (Å²) in [5.74, 6) is 0.543. The van der Waals surface area contributed by atoms with E-state index in [4.69, 9.17) is 4.74 Å². The molecular weight excluding hydrogens is 340 g/mol. The molecule has 0 bridgehead atoms. The molecule has 1 aliphatic rings. The zero-order chi connectivity index (χ0) is 18.0. The Morgan fingerprint density at radius 3 is 2.96 bits per heavy atom. The fourth-order valence-electron chi connectivity index (χ4n) is 3.10. The van der Waals surface area contributed by atoms with Crippen molar-refractivity contribution in [3.63, 3.8) is 0 Å². The Morgan fingerprint density at radius 2 is 2.28 bits per heavy atom. The van der Waals surface area contributed by atoms with Crippen molar-refractivity contribution in [2.75, 3.05) is 12.0 Å². The molecule has 2 aromatic heterocycles. The maximum Gasteiger partial charge on any atom is 0.307 e. The summed E-state index contributed by atoms with van der Waals surface area (Å²) in [5.41, 5.74) is -0.0568. The average molecular weight is 362 g/mol. The minimum atomic E-state index is -0.794. The SMILES string of the molecule is CSCC[C@@H](NC(=O)[C@H]1CC(=O)OC1(C)C)c1nnc2ccccn12. The molecule has 0 unspecified atom stereocenters. The Hall–Kier alpha value is -2.09. The van der Waals surface area contributed by atoms with E-state index in [0.717, 1.165) is 17.8 Å². The van der Waals surface area contributed by atoms with Crippen LogP contribution in [0.15, 0.2) is 24.4 Å². The summed E-state index contributed by atoms with van der Waals surface area (Å²) in [5, 5.41) is 11.5. The fraction of sp³-hybridized carbons (Fsp3) is 0.529. The smallest absolute Gasteiger partial charge is 0.307 e. The highest BCUT2D eigenvalue weighted by Gasteiger charge is 2.46. The summed E-state index contributed by atoms with van der Waals surface area (Å²) in [4.78, 5) is 24.4. The van der Waals surface area contributed by atoms with Gasteiger partial charge in [-0.1, -0.05) is 6.07 Å². The van der Waals surface area contributed by atoms with E-state index in [-0.39, 0.29) is 24.3 Å². The lowest BCUT2D eigenvalue weighted by Crippen LogP contribution is -2.42. The molecule has 1 aliphatic heterocycles. The van der Waals surface area contributed by atoms with E-state index in [1.54, 1.807) is 25.6 Å². The molecule has 1 saturated heterocycles. The highest BCUT2D eigenvalue weighted by atomic mass is 32.2. The number of amides is 1. The largest absolute Gasteiger partial charge is 0.459 e. The number of fused-ring (bicyclic) bond motifs is 1. The van der Waals surface area contributed by atoms with E-state index in [9.17, 15) is 9.59 Å². The minimum Gasteiger partial charge on any atom is -0.459 e. The van der Waals surface area contributed by atoms with Gasteiger partial charge in [-0.05, 0) is 44.4 Å². The van der Waals surface area contributed by atoms with Gasteiger partial charge < -0.3 is 10.1 Å². The number of rotatable bonds is 6. The van der Waals surface area contributed by atoms with E-state index in [2.05, 4.69) is 15.5 Å². The molecule has 2 atom stereocenters. The molecule has 1 N–H and O–H groups in total. The van der Waals surface area contributed by atoms with E-state index in [1.807, 2.05) is 35.1 Å². The Kier molecular flexibility index (Phi) is 4.99. The first kappa shape index (κ1) is 17.7. The monoisotopic (exact) mass is 362 g/mol. The van der Waals surface area contributed by atoms with Crippen molar-refractivity contribution in [3.8, 4) is 0 Å². The molecule has 7 nitrogen and oxygen atoms in total. The molecule has 3 rings (SSSR count). The second kappa shape index (κ2) is 7.03. The topological polar surface area (TPSA) is 85.6 Å². The molecule has 0 radical (unpaired) electrons. The number of hydrogen-bond donors (Lipinski definition) is 1. The number of cyclic esters (lactones) is 1. The number of nitrogens with one attached hydrogen (secondary N) is 1. The average Bonchev–Trinajstić information content (AvgIpc) is 3.11. The van der Waals surface area contributed by atoms with Crippen LogP contribution in [0.25, 0.3) is 5.65 Å². The third kappa shape index (κ3) is 3.63. The van der Waals surface area contributed by atoms with Crippen LogP contribution in [0.4, 0.5) is 0 Å². The molecule has 1 amide bonds. The van der Waals surface area contributed by atoms with Gasteiger partial charge in [0.2, 0.25) is 5.91 Å². The predicted molar refractivity (Wildman–Crippen MR) is 95.1 cm³/mol. The highest BCUT2D eigenvalue weighted by molar-refractivity contribution is 7.98. The molecule has 0 aliphatic carbocycles. The summed E-state index contributed by atoms with van der Waals surface area (Å²) in [6, 6.07) is 5.40. The van der Waals surface area contributed by atoms with Crippen LogP contribution < -0.4 is 5.32 Å². The zero-order valence-electron chi connectivity index (χ0n) is 14.6. The van der Waals surface area contributed by atoms with E-state index in [0.29, 0.717) is 5.82 Å². The second-order valence-corrected chi connectivity index (χ2v) is 7.65. The molecule has 0 aromatic carbocycles. The minimum absolute atomic E-state index is 0.106. The number of carbonyl (C=O) groups is 2. The first-order valence-corrected chi connectivity index (χ1v) is 9.62. The van der Waals surface area contributed by atoms with E-state index < -0.39 is 11.5 Å². The van der Waals surface area contributed by atoms with Crippen LogP contribution in [0.1, 0.15) is 38.6 Å². The van der Waals surface area contributed by atoms with Crippen molar-refractivity contribution in [1.82, 2.24) is 19.9 Å². The molecule has 8 heteroatoms. The molecule has 134 valence electrons. The fourth-order valence-corrected chi connectivity index (χ4v) is 3.57. The Bertz CT molecular complexity index is 789. The van der Waals surface area contributed by atoms with Crippen LogP contribution in [-0.2, 0) is 14.3 Å². The van der Waals surface area contributed by atoms with Crippen LogP contribution in [0.3, 0.4) is 0 Å². The summed E-state index contributed by atoms with van der Waals surface area (Å²) in [6.07, 6.45) is 4.74. The molecule has 25 heavy (non-hydrogen) atoms. The van der Waals surface area contributed by atoms with Crippen molar-refractivity contribution >= 4 is 29.3 Å². The van der Waals surface area contributed by atoms with Crippen molar-refractivity contribution in [2.45, 2.75) is 38.3 Å². The van der Waals surface area contributed by atoms with Gasteiger partial charge in [-0.25, -0.2) is 0 Å². The number of pyridine rings is 1. The first-order valence-electron chi connectivity index (χ1n) is 8.23. The Morgan fingerprint density at radius 1 is 1.48 bits per heavy atom. The van der Waals surface area contributed by atoms with E-state index in [1.165, 1.54) is 0 Å². The van der Waals surface area contributed by atoms with Gasteiger partial charge in [0.25, 0.3) is 0 Å². The van der Waals surface area contributed by atoms with Crippen LogP contribution >= 0.6 is 11.8 Å². The maximum absolute atomic E-state index is 12.8. The third-order valence-electron chi connectivity index (χ3n) is 4.48. The summed E-state index contributed by atoms with van der Waals surface area (Å²) < 4.78 is 7.15. The standard InChI is InChI=1S/C17H22N4O3S/c1-17(2)11(10-14(22)24-17)16(23)18-12(7-9-25-3)15-20-19-13-6-4-5-8-21(13)15/h4-6,8,11-12H,7,9-10H2,1-3H3,(H,18,23)/t11-,12-/m1/s1. The quantitative estimate of drug-likeness (QED) is 0.791. The molecule has 1 fully saturated rings. The van der Waals surface area contributed by atoms with Crippen LogP contribution in [0.5, 0.6) is 0 Å². The normalized spacial score (nSPS) is 20.4. The summed E-state index contributed by atoms with van der Waals surface area (Å²) in [7, 11) is 0. The third-order valence-corrected chi connectivity index (χ3v) is 5.13. The van der Waals surface area contributed by atoms with Crippen molar-refractivity contribution in [3.05, 3.63) is 30.2 Å². The molecule has 3 heterocycles. The van der Waals surface area contributed by atoms with Gasteiger partial charge in [0.05, 0.1) is 18.4 Å². The summed E-state index contributed by atoms with van der Waals surface area (Å²) >= 11 is 1.70. The van der Waals surface area contributed by atoms with Crippen LogP contribution in [-0.4, -0.2) is 44.1 Å². The second-order valence-electron chi connectivity index (χ2n) is 6.66. The molecule has 2 aromatic rings. The molecule has 0 saturated carbocycles. The molecular formula is C17H22N4O3S. The van der Waals surface area contributed by atoms with Gasteiger partial charge in [0.15, 0.2) is 11.5 Å². The van der Waals surface area contributed by atoms with Gasteiger partial charge in [0, 0.05) is 6.20 Å². The first-order chi connectivity index (χ1) is 11.9. The van der Waals surface area contributed by atoms with Gasteiger partial charge in [-0.3, -0.25) is 14.0 Å². The van der Waals surface area contributed by atoms with Gasteiger partial charge >= 0.3 is 5.97 Å². The highest BCUT2D eigenvalue weighted by Crippen LogP contribution is 2.33.